The third-order valence-corrected chi connectivity index (χ3v) is 5.34. The summed E-state index contributed by atoms with van der Waals surface area (Å²) >= 11 is 0. The second-order valence-corrected chi connectivity index (χ2v) is 8.35. The van der Waals surface area contributed by atoms with Crippen molar-refractivity contribution in [2.24, 2.45) is 0 Å². The molecule has 2 aromatic rings. The number of methoxy groups -OCH3 is 1. The summed E-state index contributed by atoms with van der Waals surface area (Å²) in [6.45, 7) is 5.77. The highest BCUT2D eigenvalue weighted by Gasteiger charge is 2.13. The molecule has 0 unspecified atom stereocenters. The zero-order chi connectivity index (χ0) is 20.7. The first-order chi connectivity index (χ1) is 13.2. The van der Waals surface area contributed by atoms with Gasteiger partial charge in [0.25, 0.3) is 0 Å². The second-order valence-electron chi connectivity index (χ2n) is 6.34. The van der Waals surface area contributed by atoms with Crippen LogP contribution in [0.15, 0.2) is 36.4 Å². The first kappa shape index (κ1) is 21.6. The summed E-state index contributed by atoms with van der Waals surface area (Å²) in [4.78, 5) is 12.2. The number of nitrogens with one attached hydrogen (secondary N) is 2. The lowest BCUT2D eigenvalue weighted by Gasteiger charge is -2.13. The van der Waals surface area contributed by atoms with Crippen molar-refractivity contribution in [2.75, 3.05) is 29.5 Å². The molecule has 0 saturated heterocycles. The maximum Gasteiger partial charge on any atom is 0.232 e. The topological polar surface area (TPSA) is 93.7 Å². The molecule has 0 radical (unpaired) electrons. The van der Waals surface area contributed by atoms with Crippen molar-refractivity contribution in [1.29, 1.82) is 0 Å². The number of anilines is 2. The third kappa shape index (κ3) is 6.16. The number of benzene rings is 2. The van der Waals surface area contributed by atoms with Crippen molar-refractivity contribution in [3.63, 3.8) is 0 Å². The molecule has 2 rings (SSSR count). The van der Waals surface area contributed by atoms with Crippen LogP contribution in [0.3, 0.4) is 0 Å². The van der Waals surface area contributed by atoms with E-state index < -0.39 is 10.0 Å². The van der Waals surface area contributed by atoms with Crippen LogP contribution in [0, 0.1) is 13.8 Å². The van der Waals surface area contributed by atoms with E-state index in [1.807, 2.05) is 32.0 Å². The molecule has 2 aromatic carbocycles. The zero-order valence-corrected chi connectivity index (χ0v) is 17.4. The lowest BCUT2D eigenvalue weighted by atomic mass is 10.1. The maximum absolute atomic E-state index is 12.2. The molecule has 1 amide bonds. The number of carbonyl (C=O) groups excluding carboxylic acids is 1. The summed E-state index contributed by atoms with van der Waals surface area (Å²) < 4.78 is 36.8. The van der Waals surface area contributed by atoms with E-state index in [9.17, 15) is 13.2 Å². The molecular weight excluding hydrogens is 380 g/mol. The molecule has 152 valence electrons. The van der Waals surface area contributed by atoms with Crippen LogP contribution in [0.5, 0.6) is 11.5 Å². The fourth-order valence-corrected chi connectivity index (χ4v) is 3.18. The Bertz CT molecular complexity index is 942. The van der Waals surface area contributed by atoms with Crippen LogP contribution < -0.4 is 19.5 Å². The van der Waals surface area contributed by atoms with Crippen LogP contribution in [0.25, 0.3) is 0 Å². The van der Waals surface area contributed by atoms with Gasteiger partial charge in [-0.25, -0.2) is 8.42 Å². The van der Waals surface area contributed by atoms with Gasteiger partial charge in [0, 0.05) is 11.8 Å². The Morgan fingerprint density at radius 3 is 2.46 bits per heavy atom. The van der Waals surface area contributed by atoms with Gasteiger partial charge in [0.2, 0.25) is 15.9 Å². The third-order valence-electron chi connectivity index (χ3n) is 4.05. The van der Waals surface area contributed by atoms with E-state index >= 15 is 0 Å². The molecule has 2 N–H and O–H groups in total. The van der Waals surface area contributed by atoms with Gasteiger partial charge in [0.05, 0.1) is 31.6 Å². The van der Waals surface area contributed by atoms with Gasteiger partial charge in [-0.05, 0) is 44.5 Å². The van der Waals surface area contributed by atoms with E-state index in [2.05, 4.69) is 10.0 Å². The summed E-state index contributed by atoms with van der Waals surface area (Å²) in [6, 6.07) is 10.6. The average Bonchev–Trinajstić information content (AvgIpc) is 2.64. The quantitative estimate of drug-likeness (QED) is 0.665. The van der Waals surface area contributed by atoms with Crippen LogP contribution in [-0.2, 0) is 14.8 Å². The van der Waals surface area contributed by atoms with Crippen LogP contribution >= 0.6 is 0 Å². The molecule has 0 aliphatic heterocycles. The number of ether oxygens (including phenoxy) is 2. The minimum atomic E-state index is -3.42. The molecule has 0 aliphatic carbocycles. The van der Waals surface area contributed by atoms with Gasteiger partial charge in [0.1, 0.15) is 11.5 Å². The van der Waals surface area contributed by atoms with Crippen LogP contribution in [0.4, 0.5) is 11.4 Å². The van der Waals surface area contributed by atoms with Crippen molar-refractivity contribution in [3.05, 3.63) is 47.5 Å². The van der Waals surface area contributed by atoms with E-state index in [0.29, 0.717) is 17.1 Å². The second kappa shape index (κ2) is 9.45. The number of hydrogen-bond donors (Lipinski definition) is 2. The molecule has 0 spiro atoms. The summed E-state index contributed by atoms with van der Waals surface area (Å²) in [5.41, 5.74) is 3.00. The van der Waals surface area contributed by atoms with Crippen LogP contribution in [-0.4, -0.2) is 33.8 Å². The van der Waals surface area contributed by atoms with E-state index in [1.165, 1.54) is 7.11 Å². The van der Waals surface area contributed by atoms with Gasteiger partial charge < -0.3 is 14.8 Å². The summed E-state index contributed by atoms with van der Waals surface area (Å²) in [7, 11) is -1.99. The van der Waals surface area contributed by atoms with Crippen molar-refractivity contribution in [3.8, 4) is 11.5 Å². The van der Waals surface area contributed by atoms with Crippen molar-refractivity contribution in [2.45, 2.75) is 27.2 Å². The van der Waals surface area contributed by atoms with Gasteiger partial charge in [-0.15, -0.1) is 0 Å². The van der Waals surface area contributed by atoms with E-state index in [-0.39, 0.29) is 24.7 Å². The highest BCUT2D eigenvalue weighted by atomic mass is 32.2. The van der Waals surface area contributed by atoms with Crippen molar-refractivity contribution < 1.29 is 22.7 Å². The summed E-state index contributed by atoms with van der Waals surface area (Å²) in [6.07, 6.45) is 0.180. The predicted octanol–water partition coefficient (Wildman–Crippen LogP) is 3.48. The van der Waals surface area contributed by atoms with Crippen molar-refractivity contribution >= 4 is 27.3 Å². The fourth-order valence-electron chi connectivity index (χ4n) is 2.53. The Hall–Kier alpha value is -2.74. The highest BCUT2D eigenvalue weighted by molar-refractivity contribution is 7.92. The Morgan fingerprint density at radius 2 is 1.82 bits per heavy atom. The minimum absolute atomic E-state index is 0.0465. The van der Waals surface area contributed by atoms with Crippen LogP contribution in [0.1, 0.15) is 24.5 Å². The molecule has 0 atom stereocenters. The standard InChI is InChI=1S/C20H26N2O5S/c1-5-28(24,25)22-17-8-7-16(13-19(17)26-4)21-20(23)10-11-27-18-9-6-14(2)12-15(18)3/h6-9,12-13,22H,5,10-11H2,1-4H3,(H,21,23). The Labute approximate surface area is 166 Å². The summed E-state index contributed by atoms with van der Waals surface area (Å²) in [5.74, 6) is 0.817. The number of rotatable bonds is 9. The molecule has 7 nitrogen and oxygen atoms in total. The lowest BCUT2D eigenvalue weighted by molar-refractivity contribution is -0.116. The molecule has 0 aliphatic rings. The lowest BCUT2D eigenvalue weighted by Crippen LogP contribution is -2.17. The van der Waals surface area contributed by atoms with Gasteiger partial charge >= 0.3 is 0 Å². The monoisotopic (exact) mass is 406 g/mol. The molecule has 0 bridgehead atoms. The number of sulfonamides is 1. The Kier molecular flexibility index (Phi) is 7.28. The van der Waals surface area contributed by atoms with Crippen molar-refractivity contribution in [1.82, 2.24) is 0 Å². The Balaban J connectivity index is 1.94. The normalized spacial score (nSPS) is 11.0. The number of aryl methyl sites for hydroxylation is 2. The van der Waals surface area contributed by atoms with Gasteiger partial charge in [-0.1, -0.05) is 17.7 Å². The molecule has 28 heavy (non-hydrogen) atoms. The minimum Gasteiger partial charge on any atom is -0.494 e. The smallest absolute Gasteiger partial charge is 0.232 e. The molecule has 0 fully saturated rings. The Morgan fingerprint density at radius 1 is 1.07 bits per heavy atom. The first-order valence-electron chi connectivity index (χ1n) is 8.92. The largest absolute Gasteiger partial charge is 0.494 e. The first-order valence-corrected chi connectivity index (χ1v) is 10.6. The highest BCUT2D eigenvalue weighted by Crippen LogP contribution is 2.29. The number of amides is 1. The molecule has 0 aromatic heterocycles. The molecule has 0 heterocycles. The van der Waals surface area contributed by atoms with Crippen LogP contribution in [0.2, 0.25) is 0 Å². The molecular formula is C20H26N2O5S. The number of hydrogen-bond acceptors (Lipinski definition) is 5. The zero-order valence-electron chi connectivity index (χ0n) is 16.5. The summed E-state index contributed by atoms with van der Waals surface area (Å²) in [5, 5.41) is 2.75. The predicted molar refractivity (Wildman–Crippen MR) is 111 cm³/mol. The van der Waals surface area contributed by atoms with Gasteiger partial charge in [0.15, 0.2) is 0 Å². The average molecular weight is 407 g/mol. The molecule has 8 heteroatoms. The maximum atomic E-state index is 12.2. The van der Waals surface area contributed by atoms with E-state index in [1.54, 1.807) is 25.1 Å². The fraction of sp³-hybridized carbons (Fsp3) is 0.350. The number of carbonyl (C=O) groups is 1. The SMILES string of the molecule is CCS(=O)(=O)Nc1ccc(NC(=O)CCOc2ccc(C)cc2C)cc1OC. The van der Waals surface area contributed by atoms with Gasteiger partial charge in [-0.3, -0.25) is 9.52 Å². The molecule has 0 saturated carbocycles. The van der Waals surface area contributed by atoms with E-state index in [4.69, 9.17) is 9.47 Å². The van der Waals surface area contributed by atoms with Gasteiger partial charge in [-0.2, -0.15) is 0 Å². The van der Waals surface area contributed by atoms with E-state index in [0.717, 1.165) is 16.9 Å².